The first-order chi connectivity index (χ1) is 12.5. The first-order valence-electron chi connectivity index (χ1n) is 8.55. The summed E-state index contributed by atoms with van der Waals surface area (Å²) < 4.78 is 5.56. The highest BCUT2D eigenvalue weighted by atomic mass is 16.5. The Morgan fingerprint density at radius 1 is 1.12 bits per heavy atom. The summed E-state index contributed by atoms with van der Waals surface area (Å²) in [4.78, 5) is 17.8. The Labute approximate surface area is 153 Å². The zero-order chi connectivity index (χ0) is 18.5. The number of hydrogen-bond acceptors (Lipinski definition) is 4. The Morgan fingerprint density at radius 2 is 1.92 bits per heavy atom. The van der Waals surface area contributed by atoms with Crippen LogP contribution in [0.5, 0.6) is 5.75 Å². The van der Waals surface area contributed by atoms with Crippen molar-refractivity contribution in [2.24, 2.45) is 0 Å². The maximum atomic E-state index is 11.6. The topological polar surface area (TPSA) is 54.5 Å². The Kier molecular flexibility index (Phi) is 5.37. The summed E-state index contributed by atoms with van der Waals surface area (Å²) in [6, 6.07) is 17.9. The summed E-state index contributed by atoms with van der Waals surface area (Å²) in [5.41, 5.74) is 3.24. The van der Waals surface area contributed by atoms with E-state index in [-0.39, 0.29) is 12.5 Å². The average molecular weight is 349 g/mol. The number of likely N-dealkylation sites (N-methyl/N-ethyl adjacent to an activating group) is 1. The van der Waals surface area contributed by atoms with Crippen molar-refractivity contribution in [1.29, 1.82) is 0 Å². The molecule has 5 heteroatoms. The number of nitrogens with one attached hydrogen (secondary N) is 1. The number of aromatic nitrogens is 1. The van der Waals surface area contributed by atoms with Crippen LogP contribution in [0.4, 0.5) is 5.82 Å². The second-order valence-electron chi connectivity index (χ2n) is 6.42. The lowest BCUT2D eigenvalue weighted by Crippen LogP contribution is -2.27. The van der Waals surface area contributed by atoms with Crippen LogP contribution < -0.4 is 10.1 Å². The van der Waals surface area contributed by atoms with Gasteiger partial charge >= 0.3 is 0 Å². The number of hydrogen-bond donors (Lipinski definition) is 1. The van der Waals surface area contributed by atoms with E-state index in [0.29, 0.717) is 12.3 Å². The summed E-state index contributed by atoms with van der Waals surface area (Å²) in [7, 11) is 3.43. The van der Waals surface area contributed by atoms with Crippen LogP contribution in [0.15, 0.2) is 54.6 Å². The largest absolute Gasteiger partial charge is 0.484 e. The van der Waals surface area contributed by atoms with Gasteiger partial charge in [-0.3, -0.25) is 4.79 Å². The van der Waals surface area contributed by atoms with Gasteiger partial charge in [0.15, 0.2) is 6.61 Å². The lowest BCUT2D eigenvalue weighted by atomic mass is 10.1. The highest BCUT2D eigenvalue weighted by Gasteiger charge is 2.06. The number of pyridine rings is 1. The average Bonchev–Trinajstić information content (AvgIpc) is 2.65. The van der Waals surface area contributed by atoms with Crippen molar-refractivity contribution in [3.63, 3.8) is 0 Å². The highest BCUT2D eigenvalue weighted by Crippen LogP contribution is 2.21. The molecule has 1 heterocycles. The smallest absolute Gasteiger partial charge is 0.259 e. The SMILES string of the molecule is Cc1cc(NCc2cccc(OCC(=O)N(C)C)c2)nc2ccccc12. The van der Waals surface area contributed by atoms with Gasteiger partial charge in [0.05, 0.1) is 5.52 Å². The number of rotatable bonds is 6. The molecule has 3 aromatic rings. The first kappa shape index (κ1) is 17.7. The number of amides is 1. The van der Waals surface area contributed by atoms with Gasteiger partial charge in [0.2, 0.25) is 0 Å². The standard InChI is InChI=1S/C21H23N3O2/c1-15-11-20(23-19-10-5-4-9-18(15)19)22-13-16-7-6-8-17(12-16)26-14-21(25)24(2)3/h4-12H,13-14H2,1-3H3,(H,22,23). The third-order valence-electron chi connectivity index (χ3n) is 4.16. The summed E-state index contributed by atoms with van der Waals surface area (Å²) in [6.07, 6.45) is 0. The Balaban J connectivity index is 1.66. The molecule has 0 aliphatic carbocycles. The Hall–Kier alpha value is -3.08. The van der Waals surface area contributed by atoms with E-state index in [1.54, 1.807) is 14.1 Å². The molecule has 2 aromatic carbocycles. The molecular weight excluding hydrogens is 326 g/mol. The number of aryl methyl sites for hydroxylation is 1. The van der Waals surface area contributed by atoms with Crippen LogP contribution in [-0.2, 0) is 11.3 Å². The fourth-order valence-corrected chi connectivity index (χ4v) is 2.65. The maximum absolute atomic E-state index is 11.6. The van der Waals surface area contributed by atoms with E-state index in [4.69, 9.17) is 4.74 Å². The van der Waals surface area contributed by atoms with Crippen LogP contribution in [0.1, 0.15) is 11.1 Å². The normalized spacial score (nSPS) is 10.6. The quantitative estimate of drug-likeness (QED) is 0.738. The van der Waals surface area contributed by atoms with Gasteiger partial charge in [-0.05, 0) is 42.3 Å². The van der Waals surface area contributed by atoms with E-state index < -0.39 is 0 Å². The van der Waals surface area contributed by atoms with E-state index in [2.05, 4.69) is 29.4 Å². The van der Waals surface area contributed by atoms with E-state index in [1.807, 2.05) is 42.5 Å². The molecule has 0 spiro atoms. The van der Waals surface area contributed by atoms with Gasteiger partial charge in [0.25, 0.3) is 5.91 Å². The van der Waals surface area contributed by atoms with Crippen molar-refractivity contribution in [3.05, 3.63) is 65.7 Å². The lowest BCUT2D eigenvalue weighted by molar-refractivity contribution is -0.130. The molecule has 3 rings (SSSR count). The molecule has 0 atom stereocenters. The molecule has 26 heavy (non-hydrogen) atoms. The van der Waals surface area contributed by atoms with Gasteiger partial charge in [-0.1, -0.05) is 30.3 Å². The van der Waals surface area contributed by atoms with Gasteiger partial charge < -0.3 is 15.0 Å². The summed E-state index contributed by atoms with van der Waals surface area (Å²) in [5, 5.41) is 4.53. The van der Waals surface area contributed by atoms with Crippen molar-refractivity contribution >= 4 is 22.6 Å². The molecule has 0 saturated carbocycles. The fourth-order valence-electron chi connectivity index (χ4n) is 2.65. The maximum Gasteiger partial charge on any atom is 0.259 e. The number of anilines is 1. The highest BCUT2D eigenvalue weighted by molar-refractivity contribution is 5.83. The first-order valence-corrected chi connectivity index (χ1v) is 8.55. The predicted octanol–water partition coefficient (Wildman–Crippen LogP) is 3.62. The molecule has 0 unspecified atom stereocenters. The summed E-state index contributed by atoms with van der Waals surface area (Å²) >= 11 is 0. The van der Waals surface area contributed by atoms with Crippen molar-refractivity contribution in [1.82, 2.24) is 9.88 Å². The van der Waals surface area contributed by atoms with Crippen LogP contribution in [-0.4, -0.2) is 36.5 Å². The second kappa shape index (κ2) is 7.87. The minimum absolute atomic E-state index is 0.0370. The number of nitrogens with zero attached hydrogens (tertiary/aromatic N) is 2. The molecule has 1 amide bonds. The molecule has 0 saturated heterocycles. The number of carbonyl (C=O) groups is 1. The molecule has 0 radical (unpaired) electrons. The summed E-state index contributed by atoms with van der Waals surface area (Å²) in [6.45, 7) is 2.75. The minimum Gasteiger partial charge on any atom is -0.484 e. The zero-order valence-corrected chi connectivity index (χ0v) is 15.3. The van der Waals surface area contributed by atoms with Crippen LogP contribution in [0.3, 0.4) is 0 Å². The van der Waals surface area contributed by atoms with Crippen molar-refractivity contribution < 1.29 is 9.53 Å². The van der Waals surface area contributed by atoms with Gasteiger partial charge in [0.1, 0.15) is 11.6 Å². The third kappa shape index (κ3) is 4.30. The predicted molar refractivity (Wildman–Crippen MR) is 104 cm³/mol. The molecule has 0 aliphatic rings. The summed E-state index contributed by atoms with van der Waals surface area (Å²) in [5.74, 6) is 1.46. The van der Waals surface area contributed by atoms with E-state index in [1.165, 1.54) is 15.8 Å². The Bertz CT molecular complexity index is 922. The van der Waals surface area contributed by atoms with Crippen molar-refractivity contribution in [2.75, 3.05) is 26.0 Å². The van der Waals surface area contributed by atoms with Crippen molar-refractivity contribution in [2.45, 2.75) is 13.5 Å². The molecule has 0 bridgehead atoms. The molecule has 0 aliphatic heterocycles. The van der Waals surface area contributed by atoms with Gasteiger partial charge in [-0.15, -0.1) is 0 Å². The zero-order valence-electron chi connectivity index (χ0n) is 15.3. The van der Waals surface area contributed by atoms with Crippen LogP contribution >= 0.6 is 0 Å². The number of carbonyl (C=O) groups excluding carboxylic acids is 1. The van der Waals surface area contributed by atoms with Crippen molar-refractivity contribution in [3.8, 4) is 5.75 Å². The number of ether oxygens (including phenoxy) is 1. The number of para-hydroxylation sites is 1. The number of fused-ring (bicyclic) bond motifs is 1. The van der Waals surface area contributed by atoms with Crippen LogP contribution in [0.25, 0.3) is 10.9 Å². The molecule has 1 N–H and O–H groups in total. The van der Waals surface area contributed by atoms with Crippen LogP contribution in [0.2, 0.25) is 0 Å². The molecule has 134 valence electrons. The lowest BCUT2D eigenvalue weighted by Gasteiger charge is -2.12. The van der Waals surface area contributed by atoms with Gasteiger partial charge in [-0.25, -0.2) is 4.98 Å². The number of benzene rings is 2. The van der Waals surface area contributed by atoms with Gasteiger partial charge in [-0.2, -0.15) is 0 Å². The third-order valence-corrected chi connectivity index (χ3v) is 4.16. The molecule has 0 fully saturated rings. The van der Waals surface area contributed by atoms with Crippen LogP contribution in [0, 0.1) is 6.92 Å². The monoisotopic (exact) mass is 349 g/mol. The van der Waals surface area contributed by atoms with E-state index in [9.17, 15) is 4.79 Å². The molecule has 1 aromatic heterocycles. The fraction of sp³-hybridized carbons (Fsp3) is 0.238. The van der Waals surface area contributed by atoms with E-state index in [0.717, 1.165) is 16.9 Å². The molecule has 5 nitrogen and oxygen atoms in total. The Morgan fingerprint density at radius 3 is 2.73 bits per heavy atom. The minimum atomic E-state index is -0.0654. The second-order valence-corrected chi connectivity index (χ2v) is 6.42. The molecular formula is C21H23N3O2. The van der Waals surface area contributed by atoms with E-state index >= 15 is 0 Å². The van der Waals surface area contributed by atoms with Gasteiger partial charge in [0, 0.05) is 26.0 Å².